The van der Waals surface area contributed by atoms with Crippen molar-refractivity contribution >= 4 is 12.6 Å². The van der Waals surface area contributed by atoms with E-state index in [1.807, 2.05) is 30.3 Å². The van der Waals surface area contributed by atoms with Gasteiger partial charge in [0.15, 0.2) is 6.79 Å². The molecule has 0 heterocycles. The van der Waals surface area contributed by atoms with Crippen molar-refractivity contribution in [3.05, 3.63) is 54.1 Å². The number of methoxy groups -OCH3 is 1. The SMILES string of the molecule is COc1ccc(OCOCc2ccccc2)c(B(O)O)c1. The Morgan fingerprint density at radius 3 is 2.48 bits per heavy atom. The van der Waals surface area contributed by atoms with Gasteiger partial charge in [0, 0.05) is 5.46 Å². The zero-order valence-electron chi connectivity index (χ0n) is 11.7. The van der Waals surface area contributed by atoms with E-state index in [9.17, 15) is 10.0 Å². The van der Waals surface area contributed by atoms with Gasteiger partial charge in [-0.25, -0.2) is 0 Å². The van der Waals surface area contributed by atoms with Gasteiger partial charge in [-0.3, -0.25) is 0 Å². The molecule has 0 saturated carbocycles. The first kappa shape index (κ1) is 15.4. The van der Waals surface area contributed by atoms with Crippen LogP contribution in [0.5, 0.6) is 11.5 Å². The van der Waals surface area contributed by atoms with E-state index >= 15 is 0 Å². The van der Waals surface area contributed by atoms with Crippen LogP contribution in [0.4, 0.5) is 0 Å². The van der Waals surface area contributed by atoms with Crippen molar-refractivity contribution in [1.29, 1.82) is 0 Å². The van der Waals surface area contributed by atoms with Gasteiger partial charge in [-0.1, -0.05) is 30.3 Å². The molecular weight excluding hydrogens is 271 g/mol. The zero-order chi connectivity index (χ0) is 15.1. The van der Waals surface area contributed by atoms with Crippen LogP contribution >= 0.6 is 0 Å². The highest BCUT2D eigenvalue weighted by atomic mass is 16.7. The molecule has 5 nitrogen and oxygen atoms in total. The molecule has 0 unspecified atom stereocenters. The van der Waals surface area contributed by atoms with Gasteiger partial charge < -0.3 is 24.3 Å². The normalized spacial score (nSPS) is 10.2. The van der Waals surface area contributed by atoms with Gasteiger partial charge in [-0.05, 0) is 23.8 Å². The van der Waals surface area contributed by atoms with Crippen LogP contribution in [0, 0.1) is 0 Å². The summed E-state index contributed by atoms with van der Waals surface area (Å²) in [4.78, 5) is 0. The van der Waals surface area contributed by atoms with Crippen LogP contribution in [0.15, 0.2) is 48.5 Å². The molecule has 0 atom stereocenters. The fourth-order valence-corrected chi connectivity index (χ4v) is 1.83. The predicted molar refractivity (Wildman–Crippen MR) is 79.5 cm³/mol. The molecule has 110 valence electrons. The number of hydrogen-bond acceptors (Lipinski definition) is 5. The minimum Gasteiger partial charge on any atom is -0.497 e. The predicted octanol–water partition coefficient (Wildman–Crippen LogP) is 0.928. The molecule has 0 aromatic heterocycles. The van der Waals surface area contributed by atoms with Crippen LogP contribution < -0.4 is 14.9 Å². The lowest BCUT2D eigenvalue weighted by molar-refractivity contribution is 0.00548. The van der Waals surface area contributed by atoms with E-state index < -0.39 is 7.12 Å². The smallest absolute Gasteiger partial charge is 0.492 e. The third-order valence-corrected chi connectivity index (χ3v) is 2.90. The summed E-state index contributed by atoms with van der Waals surface area (Å²) >= 11 is 0. The minimum atomic E-state index is -1.63. The van der Waals surface area contributed by atoms with Crippen LogP contribution in [0.2, 0.25) is 0 Å². The standard InChI is InChI=1S/C15H17BO5/c1-19-13-7-8-15(14(9-13)16(17)18)21-11-20-10-12-5-3-2-4-6-12/h2-9,17-18H,10-11H2,1H3. The minimum absolute atomic E-state index is 0.0148. The Hall–Kier alpha value is -2.02. The summed E-state index contributed by atoms with van der Waals surface area (Å²) in [6, 6.07) is 14.5. The summed E-state index contributed by atoms with van der Waals surface area (Å²) in [5, 5.41) is 18.7. The average Bonchev–Trinajstić information content (AvgIpc) is 2.52. The van der Waals surface area contributed by atoms with E-state index in [0.717, 1.165) is 5.56 Å². The second-order valence-corrected chi connectivity index (χ2v) is 4.37. The molecule has 0 spiro atoms. The number of ether oxygens (including phenoxy) is 3. The second-order valence-electron chi connectivity index (χ2n) is 4.37. The molecule has 0 aliphatic heterocycles. The van der Waals surface area contributed by atoms with Crippen molar-refractivity contribution in [3.8, 4) is 11.5 Å². The molecule has 2 aromatic rings. The molecule has 0 amide bonds. The maximum atomic E-state index is 9.34. The molecule has 6 heteroatoms. The van der Waals surface area contributed by atoms with Crippen LogP contribution in [-0.2, 0) is 11.3 Å². The number of benzene rings is 2. The zero-order valence-corrected chi connectivity index (χ0v) is 11.7. The van der Waals surface area contributed by atoms with E-state index in [2.05, 4.69) is 0 Å². The maximum Gasteiger partial charge on any atom is 0.492 e. The largest absolute Gasteiger partial charge is 0.497 e. The van der Waals surface area contributed by atoms with Crippen molar-refractivity contribution in [3.63, 3.8) is 0 Å². The van der Waals surface area contributed by atoms with E-state index in [0.29, 0.717) is 18.1 Å². The van der Waals surface area contributed by atoms with Crippen LogP contribution in [0.25, 0.3) is 0 Å². The van der Waals surface area contributed by atoms with E-state index in [1.165, 1.54) is 13.2 Å². The highest BCUT2D eigenvalue weighted by molar-refractivity contribution is 6.59. The molecule has 2 aromatic carbocycles. The first-order valence-electron chi connectivity index (χ1n) is 6.49. The molecule has 2 rings (SSSR count). The van der Waals surface area contributed by atoms with Crippen molar-refractivity contribution in [2.24, 2.45) is 0 Å². The summed E-state index contributed by atoms with van der Waals surface area (Å²) in [5.74, 6) is 0.870. The monoisotopic (exact) mass is 288 g/mol. The van der Waals surface area contributed by atoms with Gasteiger partial charge >= 0.3 is 7.12 Å². The molecular formula is C15H17BO5. The third-order valence-electron chi connectivity index (χ3n) is 2.90. The van der Waals surface area contributed by atoms with Crippen molar-refractivity contribution < 1.29 is 24.3 Å². The Balaban J connectivity index is 1.90. The Kier molecular flexibility index (Phi) is 5.63. The van der Waals surface area contributed by atoms with Crippen molar-refractivity contribution in [2.75, 3.05) is 13.9 Å². The summed E-state index contributed by atoms with van der Waals surface area (Å²) in [6.45, 7) is 0.439. The van der Waals surface area contributed by atoms with Crippen molar-refractivity contribution in [2.45, 2.75) is 6.61 Å². The molecule has 2 N–H and O–H groups in total. The Morgan fingerprint density at radius 2 is 1.81 bits per heavy atom. The van der Waals surface area contributed by atoms with Gasteiger partial charge in [0.05, 0.1) is 13.7 Å². The van der Waals surface area contributed by atoms with Gasteiger partial charge in [-0.2, -0.15) is 0 Å². The highest BCUT2D eigenvalue weighted by Gasteiger charge is 2.18. The van der Waals surface area contributed by atoms with Crippen molar-refractivity contribution in [1.82, 2.24) is 0 Å². The molecule has 0 bridgehead atoms. The second kappa shape index (κ2) is 7.68. The van der Waals surface area contributed by atoms with Gasteiger partial charge in [-0.15, -0.1) is 0 Å². The van der Waals surface area contributed by atoms with Crippen LogP contribution in [0.3, 0.4) is 0 Å². The molecule has 0 saturated heterocycles. The number of rotatable bonds is 7. The summed E-state index contributed by atoms with van der Waals surface area (Å²) in [5.41, 5.74) is 1.27. The summed E-state index contributed by atoms with van der Waals surface area (Å²) < 4.78 is 15.9. The van der Waals surface area contributed by atoms with E-state index in [4.69, 9.17) is 14.2 Å². The maximum absolute atomic E-state index is 9.34. The molecule has 0 radical (unpaired) electrons. The van der Waals surface area contributed by atoms with Gasteiger partial charge in [0.1, 0.15) is 11.5 Å². The third kappa shape index (κ3) is 4.49. The fourth-order valence-electron chi connectivity index (χ4n) is 1.83. The first-order valence-corrected chi connectivity index (χ1v) is 6.49. The Morgan fingerprint density at radius 1 is 1.05 bits per heavy atom. The first-order chi connectivity index (χ1) is 10.2. The van der Waals surface area contributed by atoms with Crippen LogP contribution in [-0.4, -0.2) is 31.1 Å². The highest BCUT2D eigenvalue weighted by Crippen LogP contribution is 2.15. The lowest BCUT2D eigenvalue weighted by Crippen LogP contribution is -2.31. The Labute approximate surface area is 123 Å². The average molecular weight is 288 g/mol. The molecule has 0 aliphatic rings. The number of hydrogen-bond donors (Lipinski definition) is 2. The van der Waals surface area contributed by atoms with Crippen LogP contribution in [0.1, 0.15) is 5.56 Å². The molecule has 0 fully saturated rings. The molecule has 21 heavy (non-hydrogen) atoms. The lowest BCUT2D eigenvalue weighted by Gasteiger charge is -2.12. The quantitative estimate of drug-likeness (QED) is 0.450. The summed E-state index contributed by atoms with van der Waals surface area (Å²) in [7, 11) is -0.129. The van der Waals surface area contributed by atoms with E-state index in [-0.39, 0.29) is 12.3 Å². The Bertz CT molecular complexity index is 559. The van der Waals surface area contributed by atoms with Gasteiger partial charge in [0.2, 0.25) is 0 Å². The van der Waals surface area contributed by atoms with E-state index in [1.54, 1.807) is 12.1 Å². The topological polar surface area (TPSA) is 68.2 Å². The fraction of sp³-hybridized carbons (Fsp3) is 0.200. The summed E-state index contributed by atoms with van der Waals surface area (Å²) in [6.07, 6.45) is 0. The molecule has 0 aliphatic carbocycles. The van der Waals surface area contributed by atoms with Gasteiger partial charge in [0.25, 0.3) is 0 Å². The lowest BCUT2D eigenvalue weighted by atomic mass is 9.79.